The number of rotatable bonds is 2. The van der Waals surface area contributed by atoms with Crippen molar-refractivity contribution in [3.8, 4) is 0 Å². The van der Waals surface area contributed by atoms with Gasteiger partial charge in [0, 0.05) is 11.3 Å². The first-order valence-corrected chi connectivity index (χ1v) is 7.77. The predicted molar refractivity (Wildman–Crippen MR) is 74.7 cm³/mol. The lowest BCUT2D eigenvalue weighted by Gasteiger charge is -2.41. The van der Waals surface area contributed by atoms with Crippen LogP contribution in [0.1, 0.15) is 33.6 Å². The van der Waals surface area contributed by atoms with Crippen LogP contribution in [0.15, 0.2) is 0 Å². The van der Waals surface area contributed by atoms with Gasteiger partial charge >= 0.3 is 0 Å². The van der Waals surface area contributed by atoms with Gasteiger partial charge in [-0.1, -0.05) is 13.8 Å². The fourth-order valence-electron chi connectivity index (χ4n) is 3.01. The van der Waals surface area contributed by atoms with Gasteiger partial charge in [0.05, 0.1) is 6.10 Å². The van der Waals surface area contributed by atoms with Gasteiger partial charge in [0.1, 0.15) is 23.7 Å². The molecule has 0 aromatic heterocycles. The zero-order valence-electron chi connectivity index (χ0n) is 11.7. The van der Waals surface area contributed by atoms with Gasteiger partial charge < -0.3 is 25.8 Å². The van der Waals surface area contributed by atoms with Crippen molar-refractivity contribution in [1.82, 2.24) is 0 Å². The summed E-state index contributed by atoms with van der Waals surface area (Å²) >= 11 is 1.53. The fraction of sp³-hybridized carbons (Fsp3) is 1.00. The molecule has 6 heteroatoms. The van der Waals surface area contributed by atoms with Crippen LogP contribution < -0.4 is 5.73 Å². The van der Waals surface area contributed by atoms with Crippen molar-refractivity contribution in [2.45, 2.75) is 74.8 Å². The number of nitrogens with two attached hydrogens (primary N) is 1. The molecule has 1 aliphatic carbocycles. The topological polar surface area (TPSA) is 95.9 Å². The zero-order chi connectivity index (χ0) is 14.4. The second-order valence-corrected chi connectivity index (χ2v) is 7.80. The van der Waals surface area contributed by atoms with Gasteiger partial charge in [-0.25, -0.2) is 0 Å². The largest absolute Gasteiger partial charge is 0.388 e. The summed E-state index contributed by atoms with van der Waals surface area (Å²) in [5.74, 6) is 0. The summed E-state index contributed by atoms with van der Waals surface area (Å²) in [6.45, 7) is 6.04. The Balaban J connectivity index is 2.03. The highest BCUT2D eigenvalue weighted by Gasteiger charge is 2.46. The summed E-state index contributed by atoms with van der Waals surface area (Å²) in [6, 6.07) is 0.182. The minimum Gasteiger partial charge on any atom is -0.388 e. The number of aliphatic hydroxyl groups excluding tert-OH is 3. The van der Waals surface area contributed by atoms with Crippen molar-refractivity contribution in [1.29, 1.82) is 0 Å². The first-order valence-electron chi connectivity index (χ1n) is 6.83. The minimum absolute atomic E-state index is 0.0947. The Morgan fingerprint density at radius 1 is 1.16 bits per heavy atom. The molecule has 0 aromatic carbocycles. The van der Waals surface area contributed by atoms with Gasteiger partial charge in [0.25, 0.3) is 0 Å². The Morgan fingerprint density at radius 3 is 2.32 bits per heavy atom. The highest BCUT2D eigenvalue weighted by Crippen LogP contribution is 2.47. The maximum Gasteiger partial charge on any atom is 0.132 e. The normalized spacial score (nSPS) is 50.4. The monoisotopic (exact) mass is 291 g/mol. The van der Waals surface area contributed by atoms with Gasteiger partial charge in [0.15, 0.2) is 0 Å². The molecule has 7 atom stereocenters. The molecule has 1 aliphatic heterocycles. The van der Waals surface area contributed by atoms with Gasteiger partial charge in [-0.2, -0.15) is 0 Å². The maximum absolute atomic E-state index is 10.0. The Bertz CT molecular complexity index is 328. The van der Waals surface area contributed by atoms with Gasteiger partial charge in [0.2, 0.25) is 0 Å². The number of aliphatic hydroxyl groups is 3. The third kappa shape index (κ3) is 3.09. The Morgan fingerprint density at radius 2 is 1.79 bits per heavy atom. The standard InChI is InChI=1S/C13H25NO4S/c1-6-9(15)10(16)11(17)12(18-6)19-8-4-7(14)5-13(8,2)3/h6-12,15-17H,4-5,14H2,1-3H3/t6-,7-,8+,9+,10+,11-,12-/m0/s1. The summed E-state index contributed by atoms with van der Waals surface area (Å²) in [4.78, 5) is 0. The van der Waals surface area contributed by atoms with Crippen LogP contribution >= 0.6 is 11.8 Å². The molecule has 5 nitrogen and oxygen atoms in total. The maximum atomic E-state index is 10.0. The minimum atomic E-state index is -1.15. The van der Waals surface area contributed by atoms with E-state index in [1.165, 1.54) is 11.8 Å². The van der Waals surface area contributed by atoms with Crippen molar-refractivity contribution < 1.29 is 20.1 Å². The first-order chi connectivity index (χ1) is 8.72. The Labute approximate surface area is 118 Å². The molecular formula is C13H25NO4S. The average molecular weight is 291 g/mol. The molecule has 1 heterocycles. The third-order valence-corrected chi connectivity index (χ3v) is 6.10. The molecule has 0 aromatic rings. The second-order valence-electron chi connectivity index (χ2n) is 6.49. The number of hydrogen-bond acceptors (Lipinski definition) is 6. The Kier molecular flexibility index (Phi) is 4.50. The molecule has 1 saturated heterocycles. The van der Waals surface area contributed by atoms with Crippen LogP contribution in [0.2, 0.25) is 0 Å². The molecule has 5 N–H and O–H groups in total. The van der Waals surface area contributed by atoms with Crippen molar-refractivity contribution in [2.24, 2.45) is 11.1 Å². The summed E-state index contributed by atoms with van der Waals surface area (Å²) < 4.78 is 5.63. The first kappa shape index (κ1) is 15.5. The molecule has 19 heavy (non-hydrogen) atoms. The summed E-state index contributed by atoms with van der Waals surface area (Å²) in [6.07, 6.45) is -1.89. The van der Waals surface area contributed by atoms with E-state index >= 15 is 0 Å². The van der Waals surface area contributed by atoms with Crippen molar-refractivity contribution >= 4 is 11.8 Å². The van der Waals surface area contributed by atoms with E-state index in [0.717, 1.165) is 12.8 Å². The van der Waals surface area contributed by atoms with Crippen LogP contribution in [0, 0.1) is 5.41 Å². The number of ether oxygens (including phenoxy) is 1. The van der Waals surface area contributed by atoms with E-state index in [1.807, 2.05) is 0 Å². The van der Waals surface area contributed by atoms with Crippen LogP contribution in [-0.2, 0) is 4.74 Å². The SMILES string of the molecule is C[C@@H]1O[C@@H](S[C@@H]2C[C@H](N)CC2(C)C)[C@@H](O)[C@H](O)[C@@H]1O. The molecule has 2 aliphatic rings. The molecule has 2 fully saturated rings. The highest BCUT2D eigenvalue weighted by atomic mass is 32.2. The van der Waals surface area contributed by atoms with Crippen LogP contribution in [-0.4, -0.2) is 56.5 Å². The molecular weight excluding hydrogens is 266 g/mol. The molecule has 0 spiro atoms. The number of thioether (sulfide) groups is 1. The average Bonchev–Trinajstić information content (AvgIpc) is 2.56. The zero-order valence-corrected chi connectivity index (χ0v) is 12.5. The molecule has 112 valence electrons. The fourth-order valence-corrected chi connectivity index (χ4v) is 4.72. The molecule has 0 amide bonds. The molecule has 0 bridgehead atoms. The Hall–Kier alpha value is 0.150. The third-order valence-electron chi connectivity index (χ3n) is 4.28. The quantitative estimate of drug-likeness (QED) is 0.575. The summed E-state index contributed by atoms with van der Waals surface area (Å²) in [5, 5.41) is 29.8. The molecule has 2 rings (SSSR count). The van der Waals surface area contributed by atoms with E-state index in [-0.39, 0.29) is 16.7 Å². The lowest BCUT2D eigenvalue weighted by molar-refractivity contribution is -0.192. The van der Waals surface area contributed by atoms with E-state index in [2.05, 4.69) is 13.8 Å². The van der Waals surface area contributed by atoms with E-state index in [4.69, 9.17) is 10.5 Å². The number of hydrogen-bond donors (Lipinski definition) is 4. The van der Waals surface area contributed by atoms with E-state index < -0.39 is 29.9 Å². The van der Waals surface area contributed by atoms with Gasteiger partial charge in [-0.05, 0) is 25.2 Å². The van der Waals surface area contributed by atoms with Crippen LogP contribution in [0.3, 0.4) is 0 Å². The van der Waals surface area contributed by atoms with E-state index in [1.54, 1.807) is 6.92 Å². The van der Waals surface area contributed by atoms with E-state index in [9.17, 15) is 15.3 Å². The van der Waals surface area contributed by atoms with Crippen LogP contribution in [0.5, 0.6) is 0 Å². The van der Waals surface area contributed by atoms with Crippen LogP contribution in [0.4, 0.5) is 0 Å². The predicted octanol–water partition coefficient (Wildman–Crippen LogP) is 0.0630. The van der Waals surface area contributed by atoms with Crippen LogP contribution in [0.25, 0.3) is 0 Å². The molecule has 0 radical (unpaired) electrons. The lowest BCUT2D eigenvalue weighted by Crippen LogP contribution is -2.56. The smallest absolute Gasteiger partial charge is 0.132 e. The highest BCUT2D eigenvalue weighted by molar-refractivity contribution is 8.00. The summed E-state index contributed by atoms with van der Waals surface area (Å²) in [7, 11) is 0. The lowest BCUT2D eigenvalue weighted by atomic mass is 9.91. The molecule has 1 saturated carbocycles. The molecule has 0 unspecified atom stereocenters. The van der Waals surface area contributed by atoms with Crippen molar-refractivity contribution in [3.63, 3.8) is 0 Å². The summed E-state index contributed by atoms with van der Waals surface area (Å²) in [5.41, 5.74) is 5.59. The van der Waals surface area contributed by atoms with Gasteiger partial charge in [-0.3, -0.25) is 0 Å². The van der Waals surface area contributed by atoms with Gasteiger partial charge in [-0.15, -0.1) is 11.8 Å². The van der Waals surface area contributed by atoms with Crippen molar-refractivity contribution in [2.75, 3.05) is 0 Å². The van der Waals surface area contributed by atoms with E-state index in [0.29, 0.717) is 0 Å². The van der Waals surface area contributed by atoms with Crippen molar-refractivity contribution in [3.05, 3.63) is 0 Å². The second kappa shape index (κ2) is 5.50.